The number of carboxylic acids is 1. The minimum atomic E-state index is -0.834. The summed E-state index contributed by atoms with van der Waals surface area (Å²) in [4.78, 5) is 20.0. The highest BCUT2D eigenvalue weighted by molar-refractivity contribution is 7.99. The third-order valence-corrected chi connectivity index (χ3v) is 4.16. The van der Waals surface area contributed by atoms with Gasteiger partial charge in [0, 0.05) is 11.7 Å². The molecule has 0 saturated heterocycles. The van der Waals surface area contributed by atoms with Crippen LogP contribution in [0.4, 0.5) is 0 Å². The number of fused-ring (bicyclic) bond motifs is 1. The fourth-order valence-corrected chi connectivity index (χ4v) is 3.28. The van der Waals surface area contributed by atoms with Crippen LogP contribution in [0.3, 0.4) is 0 Å². The monoisotopic (exact) mass is 307 g/mol. The van der Waals surface area contributed by atoms with E-state index >= 15 is 0 Å². The number of thioether (sulfide) groups is 1. The summed E-state index contributed by atoms with van der Waals surface area (Å²) in [5.74, 6) is -0.268. The van der Waals surface area contributed by atoms with E-state index in [2.05, 4.69) is 35.3 Å². The number of carboxylic acid groups (broad SMARTS) is 1. The molecule has 114 valence electrons. The van der Waals surface area contributed by atoms with Crippen molar-refractivity contribution in [1.82, 2.24) is 14.5 Å². The molecule has 6 heteroatoms. The Labute approximate surface area is 128 Å². The smallest absolute Gasteiger partial charge is 0.313 e. The van der Waals surface area contributed by atoms with E-state index in [1.54, 1.807) is 0 Å². The van der Waals surface area contributed by atoms with Gasteiger partial charge in [-0.15, -0.1) is 0 Å². The molecule has 0 fully saturated rings. The molecule has 0 aromatic carbocycles. The van der Waals surface area contributed by atoms with Crippen molar-refractivity contribution in [2.45, 2.75) is 45.3 Å². The molecule has 5 nitrogen and oxygen atoms in total. The van der Waals surface area contributed by atoms with Gasteiger partial charge in [-0.1, -0.05) is 25.6 Å². The Morgan fingerprint density at radius 3 is 2.67 bits per heavy atom. The van der Waals surface area contributed by atoms with Gasteiger partial charge in [-0.05, 0) is 38.3 Å². The molecule has 0 saturated carbocycles. The molecule has 0 aliphatic heterocycles. The number of hydrogen-bond acceptors (Lipinski definition) is 4. The van der Waals surface area contributed by atoms with Crippen LogP contribution in [0.1, 0.15) is 38.9 Å². The molecule has 2 heterocycles. The van der Waals surface area contributed by atoms with Crippen molar-refractivity contribution >= 4 is 28.9 Å². The van der Waals surface area contributed by atoms with Crippen LogP contribution in [0.5, 0.6) is 0 Å². The Kier molecular flexibility index (Phi) is 4.88. The first-order valence-corrected chi connectivity index (χ1v) is 8.07. The second-order valence-electron chi connectivity index (χ2n) is 5.72. The minimum Gasteiger partial charge on any atom is -0.481 e. The number of pyridine rings is 1. The molecule has 0 aliphatic carbocycles. The third kappa shape index (κ3) is 3.75. The minimum absolute atomic E-state index is 0.0106. The number of imidazole rings is 1. The first kappa shape index (κ1) is 15.8. The van der Waals surface area contributed by atoms with Crippen LogP contribution in [0.25, 0.3) is 11.2 Å². The van der Waals surface area contributed by atoms with Crippen molar-refractivity contribution in [2.24, 2.45) is 5.92 Å². The molecule has 21 heavy (non-hydrogen) atoms. The van der Waals surface area contributed by atoms with Crippen molar-refractivity contribution in [3.8, 4) is 0 Å². The van der Waals surface area contributed by atoms with E-state index in [9.17, 15) is 4.79 Å². The lowest BCUT2D eigenvalue weighted by atomic mass is 10.1. The molecular weight excluding hydrogens is 286 g/mol. The number of aryl methyl sites for hydroxylation is 1. The summed E-state index contributed by atoms with van der Waals surface area (Å²) in [5, 5.41) is 9.63. The lowest BCUT2D eigenvalue weighted by Crippen LogP contribution is -2.11. The van der Waals surface area contributed by atoms with Gasteiger partial charge in [0.1, 0.15) is 5.52 Å². The van der Waals surface area contributed by atoms with Crippen LogP contribution in [0.2, 0.25) is 0 Å². The number of nitrogens with zero attached hydrogens (tertiary/aromatic N) is 3. The van der Waals surface area contributed by atoms with E-state index in [0.717, 1.165) is 28.4 Å². The zero-order valence-corrected chi connectivity index (χ0v) is 13.6. The van der Waals surface area contributed by atoms with Gasteiger partial charge in [0.25, 0.3) is 0 Å². The molecule has 1 atom stereocenters. The number of rotatable bonds is 6. The molecule has 2 aromatic heterocycles. The topological polar surface area (TPSA) is 68.0 Å². The molecule has 0 bridgehead atoms. The van der Waals surface area contributed by atoms with Crippen LogP contribution in [-0.2, 0) is 4.79 Å². The summed E-state index contributed by atoms with van der Waals surface area (Å²) >= 11 is 1.25. The van der Waals surface area contributed by atoms with Gasteiger partial charge in [0.2, 0.25) is 0 Å². The van der Waals surface area contributed by atoms with Gasteiger partial charge >= 0.3 is 5.97 Å². The lowest BCUT2D eigenvalue weighted by molar-refractivity contribution is -0.133. The number of aliphatic carboxylic acids is 1. The van der Waals surface area contributed by atoms with Gasteiger partial charge in [-0.2, -0.15) is 0 Å². The maximum Gasteiger partial charge on any atom is 0.313 e. The maximum atomic E-state index is 10.8. The van der Waals surface area contributed by atoms with Crippen LogP contribution in [0.15, 0.2) is 17.3 Å². The highest BCUT2D eigenvalue weighted by Crippen LogP contribution is 2.29. The average molecular weight is 307 g/mol. The fraction of sp³-hybridized carbons (Fsp3) is 0.533. The van der Waals surface area contributed by atoms with Crippen molar-refractivity contribution in [2.75, 3.05) is 5.75 Å². The lowest BCUT2D eigenvalue weighted by Gasteiger charge is -2.18. The van der Waals surface area contributed by atoms with Crippen LogP contribution < -0.4 is 0 Å². The second-order valence-corrected chi connectivity index (χ2v) is 6.66. The molecular formula is C15H21N3O2S. The average Bonchev–Trinajstić information content (AvgIpc) is 2.73. The summed E-state index contributed by atoms with van der Waals surface area (Å²) in [6.45, 7) is 8.45. The van der Waals surface area contributed by atoms with Gasteiger partial charge in [-0.3, -0.25) is 4.79 Å². The zero-order chi connectivity index (χ0) is 15.6. The van der Waals surface area contributed by atoms with Gasteiger partial charge in [0.05, 0.1) is 5.75 Å². The summed E-state index contributed by atoms with van der Waals surface area (Å²) in [6.07, 6.45) is 1.00. The molecule has 1 N–H and O–H groups in total. The van der Waals surface area contributed by atoms with E-state index in [0.29, 0.717) is 5.92 Å². The van der Waals surface area contributed by atoms with Crippen molar-refractivity contribution in [3.05, 3.63) is 17.8 Å². The van der Waals surface area contributed by atoms with E-state index in [4.69, 9.17) is 5.11 Å². The SMILES string of the molecule is Cc1ccc2nc(SCC(=O)O)n(C(C)CC(C)C)c2n1. The van der Waals surface area contributed by atoms with Crippen LogP contribution in [-0.4, -0.2) is 31.4 Å². The maximum absolute atomic E-state index is 10.8. The summed E-state index contributed by atoms with van der Waals surface area (Å²) in [5.41, 5.74) is 2.61. The van der Waals surface area contributed by atoms with Crippen molar-refractivity contribution < 1.29 is 9.90 Å². The Hall–Kier alpha value is -1.56. The molecule has 0 amide bonds. The van der Waals surface area contributed by atoms with Gasteiger partial charge < -0.3 is 9.67 Å². The quantitative estimate of drug-likeness (QED) is 0.827. The van der Waals surface area contributed by atoms with Crippen molar-refractivity contribution in [1.29, 1.82) is 0 Å². The standard InChI is InChI=1S/C15H21N3O2S/c1-9(2)7-11(4)18-14-12(6-5-10(3)16-14)17-15(18)21-8-13(19)20/h5-6,9,11H,7-8H2,1-4H3,(H,19,20). The highest BCUT2D eigenvalue weighted by atomic mass is 32.2. The van der Waals surface area contributed by atoms with Crippen LogP contribution >= 0.6 is 11.8 Å². The summed E-state index contributed by atoms with van der Waals surface area (Å²) in [7, 11) is 0. The van der Waals surface area contributed by atoms with E-state index < -0.39 is 5.97 Å². The predicted molar refractivity (Wildman–Crippen MR) is 84.8 cm³/mol. The molecule has 0 spiro atoms. The number of hydrogen-bond donors (Lipinski definition) is 1. The molecule has 2 rings (SSSR count). The third-order valence-electron chi connectivity index (χ3n) is 3.22. The Balaban J connectivity index is 2.47. The Morgan fingerprint density at radius 1 is 1.33 bits per heavy atom. The van der Waals surface area contributed by atoms with Gasteiger partial charge in [0.15, 0.2) is 10.8 Å². The van der Waals surface area contributed by atoms with Gasteiger partial charge in [-0.25, -0.2) is 9.97 Å². The molecule has 1 unspecified atom stereocenters. The second kappa shape index (κ2) is 6.47. The Bertz CT molecular complexity index is 652. The molecule has 0 radical (unpaired) electrons. The summed E-state index contributed by atoms with van der Waals surface area (Å²) in [6, 6.07) is 4.11. The predicted octanol–water partition coefficient (Wildman–Crippen LogP) is 3.52. The summed E-state index contributed by atoms with van der Waals surface area (Å²) < 4.78 is 2.08. The normalized spacial score (nSPS) is 13.0. The number of carbonyl (C=O) groups is 1. The zero-order valence-electron chi connectivity index (χ0n) is 12.8. The number of aromatic nitrogens is 3. The molecule has 0 aliphatic rings. The van der Waals surface area contributed by atoms with E-state index in [1.165, 1.54) is 11.8 Å². The molecule has 2 aromatic rings. The highest BCUT2D eigenvalue weighted by Gasteiger charge is 2.19. The van der Waals surface area contributed by atoms with Crippen LogP contribution in [0, 0.1) is 12.8 Å². The first-order valence-electron chi connectivity index (χ1n) is 7.08. The first-order chi connectivity index (χ1) is 9.88. The van der Waals surface area contributed by atoms with Crippen molar-refractivity contribution in [3.63, 3.8) is 0 Å². The largest absolute Gasteiger partial charge is 0.481 e. The Morgan fingerprint density at radius 2 is 2.05 bits per heavy atom. The van der Waals surface area contributed by atoms with E-state index in [1.807, 2.05) is 19.1 Å². The van der Waals surface area contributed by atoms with E-state index in [-0.39, 0.29) is 11.8 Å². The fourth-order valence-electron chi connectivity index (χ4n) is 2.46.